The zero-order valence-electron chi connectivity index (χ0n) is 14.8. The molecule has 138 valence electrons. The number of H-pyrrole nitrogens is 1. The third-order valence-corrected chi connectivity index (χ3v) is 4.72. The highest BCUT2D eigenvalue weighted by atomic mass is 19.1. The second-order valence-corrected chi connectivity index (χ2v) is 6.61. The van der Waals surface area contributed by atoms with Crippen LogP contribution in [0.25, 0.3) is 11.3 Å². The number of amides is 1. The van der Waals surface area contributed by atoms with Gasteiger partial charge in [0.05, 0.1) is 5.69 Å². The minimum Gasteiger partial charge on any atom is -0.335 e. The SMILES string of the molecule is O=C(c1cc(-c2cccnc2)n[nH]1)N1CCN(Cc2cccc(F)c2)CC1. The standard InChI is InChI=1S/C20H20FN5O/c21-17-5-1-3-15(11-17)14-25-7-9-26(10-8-25)20(27)19-12-18(23-24-19)16-4-2-6-22-13-16/h1-6,11-13H,7-10,14H2,(H,23,24). The molecule has 0 radical (unpaired) electrons. The minimum absolute atomic E-state index is 0.0527. The van der Waals surface area contributed by atoms with Gasteiger partial charge in [-0.1, -0.05) is 12.1 Å². The Morgan fingerprint density at radius 3 is 2.70 bits per heavy atom. The summed E-state index contributed by atoms with van der Waals surface area (Å²) < 4.78 is 13.3. The highest BCUT2D eigenvalue weighted by molar-refractivity contribution is 5.93. The number of carbonyl (C=O) groups is 1. The van der Waals surface area contributed by atoms with Gasteiger partial charge in [0.2, 0.25) is 0 Å². The normalized spacial score (nSPS) is 15.1. The fraction of sp³-hybridized carbons (Fsp3) is 0.250. The number of hydrogen-bond acceptors (Lipinski definition) is 4. The van der Waals surface area contributed by atoms with Crippen molar-refractivity contribution in [2.45, 2.75) is 6.54 Å². The third kappa shape index (κ3) is 4.03. The third-order valence-electron chi connectivity index (χ3n) is 4.72. The molecule has 1 N–H and O–H groups in total. The first kappa shape index (κ1) is 17.4. The number of rotatable bonds is 4. The van der Waals surface area contributed by atoms with Crippen LogP contribution >= 0.6 is 0 Å². The molecule has 0 aliphatic carbocycles. The molecule has 1 aliphatic rings. The van der Waals surface area contributed by atoms with E-state index in [0.29, 0.717) is 31.0 Å². The van der Waals surface area contributed by atoms with E-state index in [0.717, 1.165) is 24.2 Å². The molecular weight excluding hydrogens is 345 g/mol. The zero-order valence-corrected chi connectivity index (χ0v) is 14.8. The lowest BCUT2D eigenvalue weighted by Gasteiger charge is -2.34. The number of benzene rings is 1. The van der Waals surface area contributed by atoms with Crippen molar-refractivity contribution in [2.24, 2.45) is 0 Å². The van der Waals surface area contributed by atoms with Gasteiger partial charge in [0.15, 0.2) is 0 Å². The number of carbonyl (C=O) groups excluding carboxylic acids is 1. The summed E-state index contributed by atoms with van der Waals surface area (Å²) in [6.07, 6.45) is 3.42. The van der Waals surface area contributed by atoms with E-state index >= 15 is 0 Å². The van der Waals surface area contributed by atoms with Crippen LogP contribution in [0.15, 0.2) is 54.9 Å². The van der Waals surface area contributed by atoms with Gasteiger partial charge < -0.3 is 4.90 Å². The number of halogens is 1. The summed E-state index contributed by atoms with van der Waals surface area (Å²) in [5.74, 6) is -0.270. The Balaban J connectivity index is 1.35. The Morgan fingerprint density at radius 2 is 1.96 bits per heavy atom. The molecule has 1 fully saturated rings. The van der Waals surface area contributed by atoms with Crippen molar-refractivity contribution in [1.82, 2.24) is 25.0 Å². The Labute approximate surface area is 156 Å². The number of aromatic amines is 1. The predicted octanol–water partition coefficient (Wildman–Crippen LogP) is 2.57. The molecule has 0 bridgehead atoms. The van der Waals surface area contributed by atoms with Crippen LogP contribution in [0.1, 0.15) is 16.1 Å². The molecule has 3 heterocycles. The van der Waals surface area contributed by atoms with Crippen molar-refractivity contribution in [3.63, 3.8) is 0 Å². The van der Waals surface area contributed by atoms with E-state index in [1.165, 1.54) is 6.07 Å². The van der Waals surface area contributed by atoms with Crippen LogP contribution in [0.3, 0.4) is 0 Å². The van der Waals surface area contributed by atoms with E-state index in [1.807, 2.05) is 23.1 Å². The van der Waals surface area contributed by atoms with Crippen LogP contribution in [0, 0.1) is 5.82 Å². The first-order valence-electron chi connectivity index (χ1n) is 8.91. The largest absolute Gasteiger partial charge is 0.335 e. The summed E-state index contributed by atoms with van der Waals surface area (Å²) in [7, 11) is 0. The van der Waals surface area contributed by atoms with Crippen molar-refractivity contribution < 1.29 is 9.18 Å². The van der Waals surface area contributed by atoms with Crippen LogP contribution in [0.5, 0.6) is 0 Å². The van der Waals surface area contributed by atoms with E-state index in [-0.39, 0.29) is 11.7 Å². The Bertz CT molecular complexity index is 919. The lowest BCUT2D eigenvalue weighted by molar-refractivity contribution is 0.0622. The van der Waals surface area contributed by atoms with Crippen LogP contribution in [0.2, 0.25) is 0 Å². The molecule has 6 nitrogen and oxygen atoms in total. The molecule has 0 saturated carbocycles. The van der Waals surface area contributed by atoms with Crippen LogP contribution in [-0.4, -0.2) is 57.1 Å². The second kappa shape index (κ2) is 7.67. The van der Waals surface area contributed by atoms with Crippen molar-refractivity contribution in [1.29, 1.82) is 0 Å². The van der Waals surface area contributed by atoms with E-state index < -0.39 is 0 Å². The fourth-order valence-electron chi connectivity index (χ4n) is 3.27. The summed E-state index contributed by atoms with van der Waals surface area (Å²) in [5, 5.41) is 7.06. The molecular formula is C20H20FN5O. The van der Waals surface area contributed by atoms with Gasteiger partial charge in [-0.25, -0.2) is 4.39 Å². The molecule has 1 saturated heterocycles. The van der Waals surface area contributed by atoms with Gasteiger partial charge in [-0.2, -0.15) is 5.10 Å². The monoisotopic (exact) mass is 365 g/mol. The van der Waals surface area contributed by atoms with Crippen molar-refractivity contribution in [2.75, 3.05) is 26.2 Å². The molecule has 1 aliphatic heterocycles. The number of hydrogen-bond donors (Lipinski definition) is 1. The molecule has 3 aromatic rings. The van der Waals surface area contributed by atoms with Gasteiger partial charge in [0.25, 0.3) is 5.91 Å². The van der Waals surface area contributed by atoms with Crippen molar-refractivity contribution in [3.05, 3.63) is 71.9 Å². The smallest absolute Gasteiger partial charge is 0.271 e. The number of piperazine rings is 1. The van der Waals surface area contributed by atoms with Crippen LogP contribution < -0.4 is 0 Å². The molecule has 2 aromatic heterocycles. The lowest BCUT2D eigenvalue weighted by Crippen LogP contribution is -2.48. The molecule has 0 spiro atoms. The van der Waals surface area contributed by atoms with Crippen LogP contribution in [-0.2, 0) is 6.54 Å². The van der Waals surface area contributed by atoms with Gasteiger partial charge in [-0.3, -0.25) is 19.8 Å². The highest BCUT2D eigenvalue weighted by Crippen LogP contribution is 2.18. The molecule has 0 atom stereocenters. The molecule has 27 heavy (non-hydrogen) atoms. The number of nitrogens with zero attached hydrogens (tertiary/aromatic N) is 4. The van der Waals surface area contributed by atoms with Gasteiger partial charge in [0.1, 0.15) is 11.5 Å². The average Bonchev–Trinajstić information content (AvgIpc) is 3.19. The number of aromatic nitrogens is 3. The van der Waals surface area contributed by atoms with Crippen molar-refractivity contribution in [3.8, 4) is 11.3 Å². The predicted molar refractivity (Wildman–Crippen MR) is 99.4 cm³/mol. The Morgan fingerprint density at radius 1 is 1.11 bits per heavy atom. The van der Waals surface area contributed by atoms with Gasteiger partial charge in [-0.15, -0.1) is 0 Å². The van der Waals surface area contributed by atoms with Crippen LogP contribution in [0.4, 0.5) is 4.39 Å². The molecule has 1 aromatic carbocycles. The minimum atomic E-state index is -0.218. The average molecular weight is 365 g/mol. The van der Waals surface area contributed by atoms with Gasteiger partial charge >= 0.3 is 0 Å². The summed E-state index contributed by atoms with van der Waals surface area (Å²) >= 11 is 0. The van der Waals surface area contributed by atoms with E-state index in [9.17, 15) is 9.18 Å². The number of pyridine rings is 1. The molecule has 4 rings (SSSR count). The maximum absolute atomic E-state index is 13.3. The summed E-state index contributed by atoms with van der Waals surface area (Å²) in [6.45, 7) is 3.47. The maximum atomic E-state index is 13.3. The van der Waals surface area contributed by atoms with Crippen molar-refractivity contribution >= 4 is 5.91 Å². The number of nitrogens with one attached hydrogen (secondary N) is 1. The first-order valence-corrected chi connectivity index (χ1v) is 8.91. The van der Waals surface area contributed by atoms with Gasteiger partial charge in [0, 0.05) is 50.7 Å². The summed E-state index contributed by atoms with van der Waals surface area (Å²) in [4.78, 5) is 20.9. The maximum Gasteiger partial charge on any atom is 0.271 e. The highest BCUT2D eigenvalue weighted by Gasteiger charge is 2.23. The second-order valence-electron chi connectivity index (χ2n) is 6.61. The fourth-order valence-corrected chi connectivity index (χ4v) is 3.27. The Kier molecular flexibility index (Phi) is 4.93. The van der Waals surface area contributed by atoms with E-state index in [2.05, 4.69) is 20.1 Å². The summed E-state index contributed by atoms with van der Waals surface area (Å²) in [6, 6.07) is 12.2. The van der Waals surface area contributed by atoms with E-state index in [1.54, 1.807) is 30.6 Å². The van der Waals surface area contributed by atoms with Gasteiger partial charge in [-0.05, 0) is 35.9 Å². The molecule has 7 heteroatoms. The lowest BCUT2D eigenvalue weighted by atomic mass is 10.2. The first-order chi connectivity index (χ1) is 13.2. The Hall–Kier alpha value is -3.06. The topological polar surface area (TPSA) is 65.1 Å². The molecule has 1 amide bonds. The summed E-state index contributed by atoms with van der Waals surface area (Å²) in [5.41, 5.74) is 3.00. The molecule has 0 unspecified atom stereocenters. The quantitative estimate of drug-likeness (QED) is 0.772. The zero-order chi connectivity index (χ0) is 18.6. The van der Waals surface area contributed by atoms with E-state index in [4.69, 9.17) is 0 Å².